The molecule has 0 amide bonds. The third-order valence-electron chi connectivity index (χ3n) is 5.09. The molecule has 2 heterocycles. The van der Waals surface area contributed by atoms with Gasteiger partial charge in [0.2, 0.25) is 0 Å². The largest absolute Gasteiger partial charge is 0.376 e. The van der Waals surface area contributed by atoms with E-state index in [2.05, 4.69) is 20.0 Å². The van der Waals surface area contributed by atoms with Crippen LogP contribution in [0, 0.1) is 0 Å². The molecule has 32 heavy (non-hydrogen) atoms. The summed E-state index contributed by atoms with van der Waals surface area (Å²) in [6.45, 7) is 1.71. The second kappa shape index (κ2) is 8.99. The van der Waals surface area contributed by atoms with Crippen LogP contribution in [-0.2, 0) is 16.6 Å². The highest BCUT2D eigenvalue weighted by atomic mass is 32.2. The Morgan fingerprint density at radius 3 is 2.59 bits per heavy atom. The smallest absolute Gasteiger partial charge is 0.261 e. The van der Waals surface area contributed by atoms with Crippen LogP contribution in [0.3, 0.4) is 0 Å². The molecular formula is C23H22N4O4S. The van der Waals surface area contributed by atoms with E-state index in [9.17, 15) is 18.3 Å². The number of carbonyl (C=O) groups is 1. The Balaban J connectivity index is 1.41. The minimum Gasteiger partial charge on any atom is -0.376 e. The highest BCUT2D eigenvalue weighted by Crippen LogP contribution is 2.21. The Morgan fingerprint density at radius 2 is 1.88 bits per heavy atom. The molecule has 0 aliphatic carbocycles. The number of rotatable bonds is 8. The minimum atomic E-state index is -3.86. The van der Waals surface area contributed by atoms with E-state index in [1.807, 2.05) is 6.08 Å². The number of anilines is 1. The number of fused-ring (bicyclic) bond motifs is 1. The van der Waals surface area contributed by atoms with E-state index in [1.54, 1.807) is 54.9 Å². The first kappa shape index (κ1) is 21.8. The second-order valence-electron chi connectivity index (χ2n) is 7.40. The van der Waals surface area contributed by atoms with Crippen molar-refractivity contribution in [2.24, 2.45) is 4.99 Å². The maximum atomic E-state index is 12.7. The highest BCUT2D eigenvalue weighted by molar-refractivity contribution is 7.92. The molecule has 2 aromatic carbocycles. The summed E-state index contributed by atoms with van der Waals surface area (Å²) in [5.41, 5.74) is 1.34. The Hall–Kier alpha value is -3.40. The first-order valence-corrected chi connectivity index (χ1v) is 11.4. The van der Waals surface area contributed by atoms with Crippen molar-refractivity contribution in [3.05, 3.63) is 88.7 Å². The molecule has 1 aliphatic heterocycles. The highest BCUT2D eigenvalue weighted by Gasteiger charge is 2.19. The number of pyridine rings is 1. The summed E-state index contributed by atoms with van der Waals surface area (Å²) < 4.78 is 27.9. The van der Waals surface area contributed by atoms with Gasteiger partial charge < -0.3 is 5.11 Å². The average Bonchev–Trinajstić information content (AvgIpc) is 3.22. The number of Topliss-reactive ketones (excluding diaryl/α,β-unsaturated/α-hetero) is 1. The summed E-state index contributed by atoms with van der Waals surface area (Å²) in [6.07, 6.45) is 4.31. The zero-order chi connectivity index (χ0) is 22.7. The van der Waals surface area contributed by atoms with Crippen LogP contribution in [-0.4, -0.2) is 36.6 Å². The van der Waals surface area contributed by atoms with Crippen molar-refractivity contribution in [1.82, 2.24) is 10.3 Å². The van der Waals surface area contributed by atoms with Crippen molar-refractivity contribution in [1.29, 1.82) is 0 Å². The number of aliphatic hydroxyl groups excluding tert-OH is 1. The number of aromatic nitrogens is 1. The summed E-state index contributed by atoms with van der Waals surface area (Å²) in [7, 11) is -3.86. The van der Waals surface area contributed by atoms with E-state index in [0.717, 1.165) is 16.1 Å². The van der Waals surface area contributed by atoms with Gasteiger partial charge >= 0.3 is 0 Å². The van der Waals surface area contributed by atoms with Crippen molar-refractivity contribution in [2.75, 3.05) is 4.72 Å². The Morgan fingerprint density at radius 1 is 1.12 bits per heavy atom. The summed E-state index contributed by atoms with van der Waals surface area (Å²) >= 11 is 0. The molecule has 9 heteroatoms. The molecule has 164 valence electrons. The summed E-state index contributed by atoms with van der Waals surface area (Å²) in [6, 6.07) is 14.1. The van der Waals surface area contributed by atoms with Gasteiger partial charge in [-0.3, -0.25) is 24.8 Å². The van der Waals surface area contributed by atoms with Crippen LogP contribution in [0.2, 0.25) is 0 Å². The fourth-order valence-corrected chi connectivity index (χ4v) is 4.48. The zero-order valence-corrected chi connectivity index (χ0v) is 18.1. The van der Waals surface area contributed by atoms with Gasteiger partial charge in [0.15, 0.2) is 5.78 Å². The van der Waals surface area contributed by atoms with Crippen molar-refractivity contribution in [2.45, 2.75) is 30.6 Å². The van der Waals surface area contributed by atoms with Crippen LogP contribution >= 0.6 is 0 Å². The van der Waals surface area contributed by atoms with Crippen molar-refractivity contribution >= 4 is 27.6 Å². The molecule has 2 atom stereocenters. The Kier molecular flexibility index (Phi) is 6.13. The van der Waals surface area contributed by atoms with Gasteiger partial charge in [-0.1, -0.05) is 24.3 Å². The SMILES string of the molecule is CC(=O)c1ccccc1NS(=O)(=O)c1ccc(CNC(O)C2C=c3cnccc3=N2)cc1. The number of nitrogens with zero attached hydrogens (tertiary/aromatic N) is 2. The summed E-state index contributed by atoms with van der Waals surface area (Å²) in [5, 5.41) is 15.1. The van der Waals surface area contributed by atoms with Crippen molar-refractivity contribution in [3.8, 4) is 0 Å². The Bertz CT molecular complexity index is 1340. The number of sulfonamides is 1. The molecule has 0 bridgehead atoms. The first-order valence-electron chi connectivity index (χ1n) is 9.96. The maximum absolute atomic E-state index is 12.7. The van der Waals surface area contributed by atoms with Crippen molar-refractivity contribution in [3.63, 3.8) is 0 Å². The number of carbonyl (C=O) groups excluding carboxylic acids is 1. The van der Waals surface area contributed by atoms with E-state index >= 15 is 0 Å². The molecular weight excluding hydrogens is 428 g/mol. The van der Waals surface area contributed by atoms with Crippen LogP contribution in [0.5, 0.6) is 0 Å². The lowest BCUT2D eigenvalue weighted by Crippen LogP contribution is -2.36. The molecule has 0 spiro atoms. The van der Waals surface area contributed by atoms with Gasteiger partial charge in [0.1, 0.15) is 12.3 Å². The van der Waals surface area contributed by atoms with Gasteiger partial charge in [-0.05, 0) is 48.9 Å². The molecule has 4 rings (SSSR count). The number of nitrogens with one attached hydrogen (secondary N) is 2. The number of hydrogen-bond donors (Lipinski definition) is 3. The third kappa shape index (κ3) is 4.75. The molecule has 2 unspecified atom stereocenters. The molecule has 0 fully saturated rings. The van der Waals surface area contributed by atoms with Gasteiger partial charge in [0.25, 0.3) is 10.0 Å². The van der Waals surface area contributed by atoms with Gasteiger partial charge in [0, 0.05) is 29.7 Å². The van der Waals surface area contributed by atoms with Crippen LogP contribution in [0.4, 0.5) is 5.69 Å². The third-order valence-corrected chi connectivity index (χ3v) is 6.47. The molecule has 1 aliphatic rings. The predicted molar refractivity (Wildman–Crippen MR) is 120 cm³/mol. The van der Waals surface area contributed by atoms with Gasteiger partial charge in [-0.2, -0.15) is 0 Å². The molecule has 0 radical (unpaired) electrons. The van der Waals surface area contributed by atoms with E-state index in [4.69, 9.17) is 0 Å². The topological polar surface area (TPSA) is 121 Å². The first-order chi connectivity index (χ1) is 15.3. The van der Waals surface area contributed by atoms with E-state index in [1.165, 1.54) is 19.1 Å². The quantitative estimate of drug-likeness (QED) is 0.348. The number of para-hydroxylation sites is 1. The lowest BCUT2D eigenvalue weighted by atomic mass is 10.1. The number of aliphatic hydroxyl groups is 1. The average molecular weight is 451 g/mol. The lowest BCUT2D eigenvalue weighted by molar-refractivity contribution is 0.101. The summed E-state index contributed by atoms with van der Waals surface area (Å²) in [5.74, 6) is -0.228. The zero-order valence-electron chi connectivity index (χ0n) is 17.3. The molecule has 0 saturated carbocycles. The standard InChI is InChI=1S/C23H22N4O4S/c1-15(28)19-4-2-3-5-21(19)27-32(30,31)18-8-6-16(7-9-18)13-25-23(29)22-12-17-14-24-11-10-20(17)26-22/h2-12,14,22-23,25,27,29H,13H2,1H3. The van der Waals surface area contributed by atoms with E-state index < -0.39 is 22.3 Å². The van der Waals surface area contributed by atoms with E-state index in [0.29, 0.717) is 12.1 Å². The van der Waals surface area contributed by atoms with Crippen LogP contribution < -0.4 is 20.6 Å². The van der Waals surface area contributed by atoms with Crippen LogP contribution in [0.15, 0.2) is 76.9 Å². The van der Waals surface area contributed by atoms with Gasteiger partial charge in [-0.25, -0.2) is 8.42 Å². The Labute approximate surface area is 185 Å². The molecule has 8 nitrogen and oxygen atoms in total. The molecule has 3 N–H and O–H groups in total. The number of ketones is 1. The second-order valence-corrected chi connectivity index (χ2v) is 9.08. The van der Waals surface area contributed by atoms with Crippen LogP contribution in [0.25, 0.3) is 6.08 Å². The number of benzene rings is 2. The van der Waals surface area contributed by atoms with E-state index in [-0.39, 0.29) is 16.4 Å². The van der Waals surface area contributed by atoms with Gasteiger partial charge in [-0.15, -0.1) is 0 Å². The molecule has 1 aromatic heterocycles. The fraction of sp³-hybridized carbons (Fsp3) is 0.174. The minimum absolute atomic E-state index is 0.0715. The lowest BCUT2D eigenvalue weighted by Gasteiger charge is -2.16. The van der Waals surface area contributed by atoms with Gasteiger partial charge in [0.05, 0.1) is 15.9 Å². The molecule has 0 saturated heterocycles. The summed E-state index contributed by atoms with van der Waals surface area (Å²) in [4.78, 5) is 20.3. The maximum Gasteiger partial charge on any atom is 0.261 e. The van der Waals surface area contributed by atoms with Crippen LogP contribution in [0.1, 0.15) is 22.8 Å². The normalized spacial score (nSPS) is 15.9. The monoisotopic (exact) mass is 450 g/mol. The number of hydrogen-bond acceptors (Lipinski definition) is 7. The molecule has 3 aromatic rings. The fourth-order valence-electron chi connectivity index (χ4n) is 3.40. The predicted octanol–water partition coefficient (Wildman–Crippen LogP) is 0.975. The van der Waals surface area contributed by atoms with Crippen molar-refractivity contribution < 1.29 is 18.3 Å².